The van der Waals surface area contributed by atoms with E-state index >= 15 is 0 Å². The summed E-state index contributed by atoms with van der Waals surface area (Å²) in [6.07, 6.45) is 3.22. The fourth-order valence-corrected chi connectivity index (χ4v) is 4.12. The maximum atomic E-state index is 12.3. The molecule has 0 spiro atoms. The number of aromatic nitrogens is 2. The fraction of sp³-hybridized carbons (Fsp3) is 0.421. The molecule has 1 saturated carbocycles. The van der Waals surface area contributed by atoms with E-state index in [2.05, 4.69) is 18.8 Å². The number of hydrogen-bond acceptors (Lipinski definition) is 4. The third-order valence-corrected chi connectivity index (χ3v) is 5.35. The summed E-state index contributed by atoms with van der Waals surface area (Å²) in [5, 5.41) is 9.39. The van der Waals surface area contributed by atoms with Gasteiger partial charge in [0.1, 0.15) is 23.1 Å². The molecule has 130 valence electrons. The van der Waals surface area contributed by atoms with E-state index in [4.69, 9.17) is 4.74 Å². The molecule has 0 unspecified atom stereocenters. The van der Waals surface area contributed by atoms with E-state index in [9.17, 15) is 14.7 Å². The van der Waals surface area contributed by atoms with Gasteiger partial charge in [-0.05, 0) is 37.3 Å². The molecule has 0 amide bonds. The van der Waals surface area contributed by atoms with Gasteiger partial charge in [0.25, 0.3) is 0 Å². The first-order valence-electron chi connectivity index (χ1n) is 8.42. The predicted molar refractivity (Wildman–Crippen MR) is 92.1 cm³/mol. The number of carboxylic acids is 1. The Morgan fingerprint density at radius 3 is 2.88 bits per heavy atom. The first-order valence-corrected chi connectivity index (χ1v) is 8.42. The molecule has 0 radical (unpaired) electrons. The van der Waals surface area contributed by atoms with Gasteiger partial charge in [-0.3, -0.25) is 4.79 Å². The molecule has 0 bridgehead atoms. The van der Waals surface area contributed by atoms with Crippen molar-refractivity contribution >= 4 is 5.97 Å². The minimum absolute atomic E-state index is 0.0595. The Hall–Kier alpha value is -2.63. The zero-order chi connectivity index (χ0) is 17.9. The lowest BCUT2D eigenvalue weighted by atomic mass is 9.86. The average molecular weight is 340 g/mol. The van der Waals surface area contributed by atoms with Crippen molar-refractivity contribution < 1.29 is 14.6 Å². The lowest BCUT2D eigenvalue weighted by Gasteiger charge is -2.32. The average Bonchev–Trinajstić information content (AvgIpc) is 2.75. The van der Waals surface area contributed by atoms with Gasteiger partial charge in [-0.1, -0.05) is 13.8 Å². The van der Waals surface area contributed by atoms with Gasteiger partial charge in [0.05, 0.1) is 11.7 Å². The second-order valence-corrected chi connectivity index (χ2v) is 7.58. The van der Waals surface area contributed by atoms with Crippen LogP contribution in [0.5, 0.6) is 5.75 Å². The normalized spacial score (nSPS) is 23.0. The smallest absolute Gasteiger partial charge is 0.341 e. The molecule has 3 heterocycles. The lowest BCUT2D eigenvalue weighted by Crippen LogP contribution is -2.33. The molecule has 2 aromatic rings. The quantitative estimate of drug-likeness (QED) is 0.863. The van der Waals surface area contributed by atoms with Crippen LogP contribution in [0.1, 0.15) is 48.8 Å². The summed E-state index contributed by atoms with van der Waals surface area (Å²) in [5.74, 6) is -0.567. The Morgan fingerprint density at radius 1 is 1.40 bits per heavy atom. The zero-order valence-corrected chi connectivity index (χ0v) is 14.4. The first kappa shape index (κ1) is 15.9. The molecule has 2 aromatic heterocycles. The molecule has 6 nitrogen and oxygen atoms in total. The van der Waals surface area contributed by atoms with E-state index in [1.54, 1.807) is 0 Å². The summed E-state index contributed by atoms with van der Waals surface area (Å²) in [4.78, 5) is 28.4. The number of pyridine rings is 2. The number of aromatic carboxylic acids is 1. The van der Waals surface area contributed by atoms with Crippen molar-refractivity contribution in [2.45, 2.75) is 45.8 Å². The molecule has 1 aliphatic heterocycles. The molecule has 4 rings (SSSR count). The summed E-state index contributed by atoms with van der Waals surface area (Å²) in [7, 11) is 0. The topological polar surface area (TPSA) is 81.4 Å². The molecular formula is C19H20N2O4. The van der Waals surface area contributed by atoms with Crippen molar-refractivity contribution in [2.24, 2.45) is 5.41 Å². The predicted octanol–water partition coefficient (Wildman–Crippen LogP) is 3.04. The Labute approximate surface area is 145 Å². The van der Waals surface area contributed by atoms with Gasteiger partial charge in [-0.15, -0.1) is 0 Å². The van der Waals surface area contributed by atoms with Gasteiger partial charge in [0, 0.05) is 18.0 Å². The summed E-state index contributed by atoms with van der Waals surface area (Å²) < 4.78 is 8.16. The number of rotatable bonds is 1. The van der Waals surface area contributed by atoms with Crippen LogP contribution in [0.3, 0.4) is 0 Å². The third kappa shape index (κ3) is 2.35. The number of aryl methyl sites for hydroxylation is 1. The van der Waals surface area contributed by atoms with Gasteiger partial charge in [-0.25, -0.2) is 9.78 Å². The Kier molecular flexibility index (Phi) is 3.29. The van der Waals surface area contributed by atoms with E-state index in [0.29, 0.717) is 17.1 Å². The molecule has 1 aliphatic carbocycles. The summed E-state index contributed by atoms with van der Waals surface area (Å²) >= 11 is 0. The van der Waals surface area contributed by atoms with Crippen LogP contribution in [0.15, 0.2) is 29.2 Å². The second kappa shape index (κ2) is 5.18. The molecule has 0 aromatic carbocycles. The largest absolute Gasteiger partial charge is 0.486 e. The van der Waals surface area contributed by atoms with E-state index in [0.717, 1.165) is 18.5 Å². The summed E-state index contributed by atoms with van der Waals surface area (Å²) in [6, 6.07) is 5.09. The summed E-state index contributed by atoms with van der Waals surface area (Å²) in [5.41, 5.74) is 1.22. The molecule has 0 saturated heterocycles. The number of fused-ring (bicyclic) bond motifs is 5. The van der Waals surface area contributed by atoms with Gasteiger partial charge in [0.2, 0.25) is 0 Å². The van der Waals surface area contributed by atoms with Crippen LogP contribution in [0, 0.1) is 12.3 Å². The highest BCUT2D eigenvalue weighted by atomic mass is 16.5. The van der Waals surface area contributed by atoms with Crippen LogP contribution >= 0.6 is 0 Å². The molecule has 2 aliphatic rings. The maximum Gasteiger partial charge on any atom is 0.341 e. The zero-order valence-electron chi connectivity index (χ0n) is 14.4. The first-order chi connectivity index (χ1) is 11.8. The monoisotopic (exact) mass is 340 g/mol. The van der Waals surface area contributed by atoms with Crippen molar-refractivity contribution in [3.8, 4) is 17.1 Å². The SMILES string of the molecule is Cc1ccc2c(n1)-c1cc(=O)c(C(=O)O)cn1[C@H]1[C@H](CCC1(C)C)O2. The van der Waals surface area contributed by atoms with Crippen molar-refractivity contribution in [3.05, 3.63) is 45.9 Å². The highest BCUT2D eigenvalue weighted by Gasteiger charge is 2.47. The van der Waals surface area contributed by atoms with E-state index < -0.39 is 11.4 Å². The summed E-state index contributed by atoms with van der Waals surface area (Å²) in [6.45, 7) is 6.18. The van der Waals surface area contributed by atoms with Crippen LogP contribution in [0.2, 0.25) is 0 Å². The Morgan fingerprint density at radius 2 is 2.16 bits per heavy atom. The molecular weight excluding hydrogens is 320 g/mol. The standard InChI is InChI=1S/C19H20N2O4/c1-10-4-5-14-16(20-10)12-8-13(22)11(18(23)24)9-21(12)17-15(25-14)6-7-19(17,2)3/h4-5,8-9,15,17H,6-7H2,1-3H3,(H,23,24)/t15-,17-/m0/s1. The van der Waals surface area contributed by atoms with Crippen LogP contribution < -0.4 is 10.2 Å². The van der Waals surface area contributed by atoms with Crippen molar-refractivity contribution in [3.63, 3.8) is 0 Å². The Balaban J connectivity index is 2.07. The molecule has 6 heteroatoms. The number of ether oxygens (including phenoxy) is 1. The molecule has 2 atom stereocenters. The Bertz CT molecular complexity index is 945. The minimum Gasteiger partial charge on any atom is -0.486 e. The highest BCUT2D eigenvalue weighted by molar-refractivity contribution is 5.87. The van der Waals surface area contributed by atoms with Crippen LogP contribution in [0.25, 0.3) is 11.4 Å². The number of hydrogen-bond donors (Lipinski definition) is 1. The van der Waals surface area contributed by atoms with Crippen molar-refractivity contribution in [2.75, 3.05) is 0 Å². The highest BCUT2D eigenvalue weighted by Crippen LogP contribution is 2.51. The third-order valence-electron chi connectivity index (χ3n) is 5.35. The second-order valence-electron chi connectivity index (χ2n) is 7.58. The van der Waals surface area contributed by atoms with Crippen LogP contribution in [-0.2, 0) is 0 Å². The van der Waals surface area contributed by atoms with Gasteiger partial charge < -0.3 is 14.4 Å². The maximum absolute atomic E-state index is 12.3. The van der Waals surface area contributed by atoms with Crippen LogP contribution in [0.4, 0.5) is 0 Å². The van der Waals surface area contributed by atoms with Crippen LogP contribution in [-0.4, -0.2) is 26.7 Å². The molecule has 1 N–H and O–H groups in total. The van der Waals surface area contributed by atoms with Crippen molar-refractivity contribution in [1.29, 1.82) is 0 Å². The fourth-order valence-electron chi connectivity index (χ4n) is 4.12. The van der Waals surface area contributed by atoms with E-state index in [-0.39, 0.29) is 23.1 Å². The van der Waals surface area contributed by atoms with Gasteiger partial charge in [0.15, 0.2) is 5.43 Å². The molecule has 25 heavy (non-hydrogen) atoms. The van der Waals surface area contributed by atoms with Gasteiger partial charge >= 0.3 is 5.97 Å². The minimum atomic E-state index is -1.21. The van der Waals surface area contributed by atoms with E-state index in [1.807, 2.05) is 23.6 Å². The van der Waals surface area contributed by atoms with Crippen molar-refractivity contribution in [1.82, 2.24) is 9.55 Å². The lowest BCUT2D eigenvalue weighted by molar-refractivity contribution is 0.0692. The number of carbonyl (C=O) groups is 1. The van der Waals surface area contributed by atoms with Gasteiger partial charge in [-0.2, -0.15) is 0 Å². The molecule has 1 fully saturated rings. The number of nitrogens with zero attached hydrogens (tertiary/aromatic N) is 2. The van der Waals surface area contributed by atoms with E-state index in [1.165, 1.54) is 12.3 Å². The number of carboxylic acid groups (broad SMARTS) is 1.